The molecule has 0 amide bonds. The van der Waals surface area contributed by atoms with Crippen molar-refractivity contribution in [2.45, 2.75) is 19.4 Å². The van der Waals surface area contributed by atoms with Crippen LogP contribution in [-0.4, -0.2) is 17.1 Å². The molecule has 1 atom stereocenters. The van der Waals surface area contributed by atoms with Crippen LogP contribution < -0.4 is 5.73 Å². The largest absolute Gasteiger partial charge is 0.480 e. The molecule has 3 N–H and O–H groups in total. The van der Waals surface area contributed by atoms with Gasteiger partial charge in [-0.2, -0.15) is 0 Å². The van der Waals surface area contributed by atoms with Crippen molar-refractivity contribution < 1.29 is 9.90 Å². The topological polar surface area (TPSA) is 63.3 Å². The van der Waals surface area contributed by atoms with Gasteiger partial charge in [-0.1, -0.05) is 19.1 Å². The summed E-state index contributed by atoms with van der Waals surface area (Å²) in [5.74, 6) is -0.986. The average molecular weight is 129 g/mol. The average Bonchev–Trinajstić information content (AvgIpc) is 1.82. The van der Waals surface area contributed by atoms with Crippen molar-refractivity contribution >= 4 is 5.97 Å². The van der Waals surface area contributed by atoms with Crippen LogP contribution in [0.1, 0.15) is 13.3 Å². The zero-order valence-corrected chi connectivity index (χ0v) is 5.37. The van der Waals surface area contributed by atoms with E-state index < -0.39 is 12.0 Å². The molecule has 0 aliphatic heterocycles. The molecule has 3 nitrogen and oxygen atoms in total. The molecule has 0 saturated carbocycles. The molecule has 0 rings (SSSR count). The molecule has 0 aromatic heterocycles. The van der Waals surface area contributed by atoms with E-state index in [1.807, 2.05) is 6.92 Å². The minimum atomic E-state index is -0.986. The highest BCUT2D eigenvalue weighted by Crippen LogP contribution is 1.84. The molecule has 0 aromatic rings. The van der Waals surface area contributed by atoms with Crippen LogP contribution in [-0.2, 0) is 4.79 Å². The maximum absolute atomic E-state index is 10.0. The van der Waals surface area contributed by atoms with Gasteiger partial charge in [-0.25, -0.2) is 0 Å². The fourth-order valence-electron chi connectivity index (χ4n) is 0.365. The highest BCUT2D eigenvalue weighted by molar-refractivity contribution is 5.75. The van der Waals surface area contributed by atoms with Crippen molar-refractivity contribution in [1.29, 1.82) is 0 Å². The molecule has 0 aliphatic rings. The molecule has 0 fully saturated rings. The van der Waals surface area contributed by atoms with Gasteiger partial charge in [0.25, 0.3) is 0 Å². The molecule has 3 heteroatoms. The van der Waals surface area contributed by atoms with Crippen LogP contribution >= 0.6 is 0 Å². The van der Waals surface area contributed by atoms with Crippen LogP contribution in [0, 0.1) is 0 Å². The Labute approximate surface area is 54.2 Å². The first kappa shape index (κ1) is 8.17. The Kier molecular flexibility index (Phi) is 3.71. The van der Waals surface area contributed by atoms with E-state index in [4.69, 9.17) is 10.8 Å². The number of hydrogen-bond donors (Lipinski definition) is 2. The van der Waals surface area contributed by atoms with Crippen molar-refractivity contribution in [3.8, 4) is 0 Å². The zero-order valence-electron chi connectivity index (χ0n) is 5.37. The maximum atomic E-state index is 10.0. The van der Waals surface area contributed by atoms with E-state index in [1.54, 1.807) is 6.08 Å². The molecule has 0 aliphatic carbocycles. The summed E-state index contributed by atoms with van der Waals surface area (Å²) in [5, 5.41) is 8.23. The summed E-state index contributed by atoms with van der Waals surface area (Å²) < 4.78 is 0. The summed E-state index contributed by atoms with van der Waals surface area (Å²) >= 11 is 0. The number of carboxylic acids is 1. The Morgan fingerprint density at radius 2 is 2.44 bits per heavy atom. The van der Waals surface area contributed by atoms with Gasteiger partial charge >= 0.3 is 5.97 Å². The maximum Gasteiger partial charge on any atom is 0.324 e. The first-order valence-electron chi connectivity index (χ1n) is 2.83. The number of allylic oxidation sites excluding steroid dienone is 1. The summed E-state index contributed by atoms with van der Waals surface area (Å²) in [6.07, 6.45) is 4.03. The fraction of sp³-hybridized carbons (Fsp3) is 0.500. The van der Waals surface area contributed by atoms with Crippen molar-refractivity contribution in [2.75, 3.05) is 0 Å². The summed E-state index contributed by atoms with van der Waals surface area (Å²) in [7, 11) is 0. The highest BCUT2D eigenvalue weighted by Gasteiger charge is 2.04. The van der Waals surface area contributed by atoms with Crippen LogP contribution in [0.3, 0.4) is 0 Å². The van der Waals surface area contributed by atoms with Crippen LogP contribution in [0.15, 0.2) is 12.2 Å². The molecular weight excluding hydrogens is 118 g/mol. The number of rotatable bonds is 3. The van der Waals surface area contributed by atoms with Gasteiger partial charge in [0.05, 0.1) is 0 Å². The van der Waals surface area contributed by atoms with Gasteiger partial charge in [0.15, 0.2) is 0 Å². The number of nitrogens with two attached hydrogens (primary N) is 1. The Bertz CT molecular complexity index is 120. The van der Waals surface area contributed by atoms with Crippen LogP contribution in [0.2, 0.25) is 0 Å². The van der Waals surface area contributed by atoms with Gasteiger partial charge in [-0.15, -0.1) is 0 Å². The van der Waals surface area contributed by atoms with E-state index in [1.165, 1.54) is 6.08 Å². The van der Waals surface area contributed by atoms with Gasteiger partial charge in [0.1, 0.15) is 6.04 Å². The lowest BCUT2D eigenvalue weighted by atomic mass is 10.3. The van der Waals surface area contributed by atoms with E-state index in [-0.39, 0.29) is 0 Å². The first-order valence-corrected chi connectivity index (χ1v) is 2.83. The second kappa shape index (κ2) is 4.09. The number of carboxylic acid groups (broad SMARTS) is 1. The van der Waals surface area contributed by atoms with E-state index >= 15 is 0 Å². The molecule has 0 radical (unpaired) electrons. The van der Waals surface area contributed by atoms with Gasteiger partial charge in [-0.3, -0.25) is 4.79 Å². The van der Waals surface area contributed by atoms with Gasteiger partial charge in [0, 0.05) is 0 Å². The highest BCUT2D eigenvalue weighted by atomic mass is 16.4. The minimum absolute atomic E-state index is 0.820. The summed E-state index contributed by atoms with van der Waals surface area (Å²) in [5.41, 5.74) is 5.12. The van der Waals surface area contributed by atoms with Gasteiger partial charge in [0.2, 0.25) is 0 Å². The standard InChI is InChI=1S/C6H11NO2/c1-2-3-4-5(7)6(8)9/h3-5H,2,7H2,1H3,(H,8,9)/b4-3+. The fourth-order valence-corrected chi connectivity index (χ4v) is 0.365. The SMILES string of the molecule is CC/C=C/C(N)C(=O)O. The van der Waals surface area contributed by atoms with Crippen molar-refractivity contribution in [3.63, 3.8) is 0 Å². The van der Waals surface area contributed by atoms with Gasteiger partial charge < -0.3 is 10.8 Å². The molecule has 0 spiro atoms. The molecule has 52 valence electrons. The van der Waals surface area contributed by atoms with Crippen molar-refractivity contribution in [3.05, 3.63) is 12.2 Å². The molecule has 0 saturated heterocycles. The second-order valence-electron chi connectivity index (χ2n) is 1.70. The van der Waals surface area contributed by atoms with E-state index in [0.29, 0.717) is 0 Å². The van der Waals surface area contributed by atoms with Crippen LogP contribution in [0.5, 0.6) is 0 Å². The Balaban J connectivity index is 3.62. The smallest absolute Gasteiger partial charge is 0.324 e. The first-order chi connectivity index (χ1) is 4.18. The Morgan fingerprint density at radius 3 is 2.78 bits per heavy atom. The van der Waals surface area contributed by atoms with Crippen molar-refractivity contribution in [1.82, 2.24) is 0 Å². The monoisotopic (exact) mass is 129 g/mol. The van der Waals surface area contributed by atoms with Crippen LogP contribution in [0.4, 0.5) is 0 Å². The molecular formula is C6H11NO2. The number of hydrogen-bond acceptors (Lipinski definition) is 2. The Hall–Kier alpha value is -0.830. The lowest BCUT2D eigenvalue weighted by Gasteiger charge is -1.95. The lowest BCUT2D eigenvalue weighted by molar-refractivity contribution is -0.137. The molecule has 0 heterocycles. The van der Waals surface area contributed by atoms with Crippen molar-refractivity contribution in [2.24, 2.45) is 5.73 Å². The van der Waals surface area contributed by atoms with E-state index in [9.17, 15) is 4.79 Å². The third-order valence-electron chi connectivity index (χ3n) is 0.864. The Morgan fingerprint density at radius 1 is 1.89 bits per heavy atom. The molecule has 0 aromatic carbocycles. The zero-order chi connectivity index (χ0) is 7.28. The molecule has 0 bridgehead atoms. The number of carbonyl (C=O) groups is 1. The van der Waals surface area contributed by atoms with Gasteiger partial charge in [-0.05, 0) is 6.42 Å². The molecule has 9 heavy (non-hydrogen) atoms. The third-order valence-corrected chi connectivity index (χ3v) is 0.864. The summed E-state index contributed by atoms with van der Waals surface area (Å²) in [6, 6.07) is -0.843. The van der Waals surface area contributed by atoms with E-state index in [0.717, 1.165) is 6.42 Å². The quantitative estimate of drug-likeness (QED) is 0.541. The molecule has 1 unspecified atom stereocenters. The lowest BCUT2D eigenvalue weighted by Crippen LogP contribution is -2.27. The van der Waals surface area contributed by atoms with Crippen LogP contribution in [0.25, 0.3) is 0 Å². The summed E-state index contributed by atoms with van der Waals surface area (Å²) in [4.78, 5) is 10.0. The summed E-state index contributed by atoms with van der Waals surface area (Å²) in [6.45, 7) is 1.92. The normalized spacial score (nSPS) is 14.0. The minimum Gasteiger partial charge on any atom is -0.480 e. The third kappa shape index (κ3) is 3.73. The number of aliphatic carboxylic acids is 1. The predicted octanol–water partition coefficient (Wildman–Crippen LogP) is 0.365. The van der Waals surface area contributed by atoms with E-state index in [2.05, 4.69) is 0 Å². The second-order valence-corrected chi connectivity index (χ2v) is 1.70. The predicted molar refractivity (Wildman–Crippen MR) is 35.0 cm³/mol.